The van der Waals surface area contributed by atoms with E-state index in [1.165, 1.54) is 199 Å². The van der Waals surface area contributed by atoms with Crippen LogP contribution in [0.3, 0.4) is 0 Å². The van der Waals surface area contributed by atoms with Gasteiger partial charge in [0.05, 0.1) is 33.8 Å². The van der Waals surface area contributed by atoms with E-state index in [0.29, 0.717) is 23.9 Å². The van der Waals surface area contributed by atoms with E-state index in [4.69, 9.17) is 13.8 Å². The average molecular weight is 1100 g/mol. The smallest absolute Gasteiger partial charge is 0.456 e. The topological polar surface area (TPSA) is 111 Å². The molecule has 0 aliphatic heterocycles. The van der Waals surface area contributed by atoms with Gasteiger partial charge >= 0.3 is 13.8 Å². The van der Waals surface area contributed by atoms with Crippen LogP contribution in [0.4, 0.5) is 0 Å². The van der Waals surface area contributed by atoms with Crippen molar-refractivity contribution in [2.24, 2.45) is 0 Å². The lowest BCUT2D eigenvalue weighted by molar-refractivity contribution is -0.870. The number of carbonyl (C=O) groups excluding carboxylic acids is 2. The third-order valence-electron chi connectivity index (χ3n) is 14.8. The Balaban J connectivity index is 5.11. The van der Waals surface area contributed by atoms with Gasteiger partial charge in [0, 0.05) is 12.8 Å². The second-order valence-corrected chi connectivity index (χ2v) is 25.1. The molecule has 0 radical (unpaired) electrons. The number of ether oxygens (including phenoxy) is 1. The number of unbranched alkanes of at least 4 members (excludes halogenated alkanes) is 38. The molecule has 3 unspecified atom stereocenters. The standard InChI is InChI=1S/C67H127N2O7P/c1-7-10-13-16-19-22-25-27-29-31-32-33-34-35-36-38-40-42-45-48-51-54-57-60-67(71)76-65(58-55-52-49-46-43-24-21-18-15-12-9-3)64(63-75-77(72,73)74-62-61-69(4,5)6)68-66(70)59-56-53-50-47-44-41-39-37-30-28-26-23-20-17-14-11-8-2/h20,23,28,30,39,41,55,58,64-65H,7-19,21-22,24-27,29,31-38,40,42-54,56-57,59-63H2,1-6H3,(H-,68,70,72,73)/p+1/b23-20-,30-28-,41-39-,58-55-. The van der Waals surface area contributed by atoms with Gasteiger partial charge in [-0.3, -0.25) is 18.6 Å². The first-order valence-corrected chi connectivity index (χ1v) is 34.5. The molecule has 9 nitrogen and oxygen atoms in total. The third-order valence-corrected chi connectivity index (χ3v) is 15.8. The largest absolute Gasteiger partial charge is 0.472 e. The van der Waals surface area contributed by atoms with Gasteiger partial charge in [-0.25, -0.2) is 4.57 Å². The molecule has 2 N–H and O–H groups in total. The van der Waals surface area contributed by atoms with E-state index >= 15 is 0 Å². The van der Waals surface area contributed by atoms with E-state index in [0.717, 1.165) is 83.5 Å². The van der Waals surface area contributed by atoms with Gasteiger partial charge in [0.15, 0.2) is 0 Å². The summed E-state index contributed by atoms with van der Waals surface area (Å²) in [5, 5.41) is 3.05. The van der Waals surface area contributed by atoms with Gasteiger partial charge in [-0.2, -0.15) is 0 Å². The molecule has 0 rings (SSSR count). The Kier molecular flexibility index (Phi) is 55.7. The highest BCUT2D eigenvalue weighted by molar-refractivity contribution is 7.47. The number of esters is 1. The SMILES string of the molecule is CCCCC/C=C\C/C=C\C/C=C\CCCCCCC(=O)NC(COP(=O)(O)OCC[N+](C)(C)C)C(/C=C\CCCCCCCCCCC)OC(=O)CCCCCCCCCCCCCCCCCCCCCCCCC. The first-order valence-electron chi connectivity index (χ1n) is 33.0. The van der Waals surface area contributed by atoms with Crippen LogP contribution >= 0.6 is 7.82 Å². The van der Waals surface area contributed by atoms with Crippen LogP contribution in [0.2, 0.25) is 0 Å². The first-order chi connectivity index (χ1) is 37.4. The maximum atomic E-state index is 13.5. The monoisotopic (exact) mass is 1100 g/mol. The zero-order valence-corrected chi connectivity index (χ0v) is 52.6. The fraction of sp³-hybridized carbons (Fsp3) is 0.851. The number of phosphoric acid groups is 1. The molecule has 3 atom stereocenters. The number of phosphoric ester groups is 1. The van der Waals surface area contributed by atoms with Gasteiger partial charge in [-0.1, -0.05) is 282 Å². The van der Waals surface area contributed by atoms with Crippen molar-refractivity contribution in [3.8, 4) is 0 Å². The molecule has 0 fully saturated rings. The molecule has 0 aliphatic rings. The van der Waals surface area contributed by atoms with Gasteiger partial charge in [0.25, 0.3) is 0 Å². The quantitative estimate of drug-likeness (QED) is 0.0205. The minimum Gasteiger partial charge on any atom is -0.456 e. The summed E-state index contributed by atoms with van der Waals surface area (Å²) in [4.78, 5) is 37.7. The molecule has 0 spiro atoms. The first kappa shape index (κ1) is 75.0. The summed E-state index contributed by atoms with van der Waals surface area (Å²) < 4.78 is 30.7. The van der Waals surface area contributed by atoms with Gasteiger partial charge in [-0.15, -0.1) is 0 Å². The summed E-state index contributed by atoms with van der Waals surface area (Å²) in [5.74, 6) is -0.518. The van der Waals surface area contributed by atoms with Gasteiger partial charge in [-0.05, 0) is 70.3 Å². The van der Waals surface area contributed by atoms with Crippen molar-refractivity contribution < 1.29 is 37.3 Å². The number of amides is 1. The fourth-order valence-corrected chi connectivity index (χ4v) is 10.4. The van der Waals surface area contributed by atoms with Crippen LogP contribution in [0, 0.1) is 0 Å². The van der Waals surface area contributed by atoms with Crippen LogP contribution in [0.25, 0.3) is 0 Å². The predicted molar refractivity (Wildman–Crippen MR) is 332 cm³/mol. The Hall–Kier alpha value is -2.03. The maximum absolute atomic E-state index is 13.5. The second-order valence-electron chi connectivity index (χ2n) is 23.6. The van der Waals surface area contributed by atoms with Crippen LogP contribution in [0.1, 0.15) is 316 Å². The van der Waals surface area contributed by atoms with E-state index in [1.807, 2.05) is 33.3 Å². The van der Waals surface area contributed by atoms with Crippen LogP contribution in [0.15, 0.2) is 48.6 Å². The number of quaternary nitrogens is 1. The van der Waals surface area contributed by atoms with Crippen LogP contribution in [-0.4, -0.2) is 74.3 Å². The van der Waals surface area contributed by atoms with E-state index in [2.05, 4.69) is 62.5 Å². The second kappa shape index (κ2) is 57.2. The Bertz CT molecular complexity index is 1460. The average Bonchev–Trinajstić information content (AvgIpc) is 3.39. The summed E-state index contributed by atoms with van der Waals surface area (Å²) in [6, 6.07) is -0.858. The van der Waals surface area contributed by atoms with E-state index in [1.54, 1.807) is 0 Å². The molecule has 0 aromatic carbocycles. The minimum atomic E-state index is -4.45. The number of allylic oxidation sites excluding steroid dienone is 7. The summed E-state index contributed by atoms with van der Waals surface area (Å²) >= 11 is 0. The number of likely N-dealkylation sites (N-methyl/N-ethyl adjacent to an activating group) is 1. The lowest BCUT2D eigenvalue weighted by Gasteiger charge is -2.27. The van der Waals surface area contributed by atoms with Crippen molar-refractivity contribution >= 4 is 19.7 Å². The summed E-state index contributed by atoms with van der Waals surface area (Å²) in [7, 11) is 1.49. The number of nitrogens with one attached hydrogen (secondary N) is 1. The van der Waals surface area contributed by atoms with E-state index in [-0.39, 0.29) is 25.1 Å². The maximum Gasteiger partial charge on any atom is 0.472 e. The zero-order valence-electron chi connectivity index (χ0n) is 51.7. The van der Waals surface area contributed by atoms with Crippen molar-refractivity contribution in [2.45, 2.75) is 328 Å². The number of nitrogens with zero attached hydrogens (tertiary/aromatic N) is 1. The predicted octanol–water partition coefficient (Wildman–Crippen LogP) is 20.5. The molecule has 0 saturated carbocycles. The Morgan fingerprint density at radius 1 is 0.455 bits per heavy atom. The van der Waals surface area contributed by atoms with Crippen molar-refractivity contribution in [2.75, 3.05) is 40.9 Å². The molecule has 0 saturated heterocycles. The molecule has 1 amide bonds. The third kappa shape index (κ3) is 58.4. The molecular weight excluding hydrogens is 976 g/mol. The van der Waals surface area contributed by atoms with Crippen molar-refractivity contribution in [1.29, 1.82) is 0 Å². The van der Waals surface area contributed by atoms with Crippen molar-refractivity contribution in [3.63, 3.8) is 0 Å². The molecule has 77 heavy (non-hydrogen) atoms. The molecular formula is C67H128N2O7P+. The van der Waals surface area contributed by atoms with Crippen molar-refractivity contribution in [3.05, 3.63) is 48.6 Å². The summed E-state index contributed by atoms with van der Waals surface area (Å²) in [6.07, 6.45) is 71.2. The Labute approximate surface area is 478 Å². The molecule has 0 heterocycles. The molecule has 10 heteroatoms. The molecule has 452 valence electrons. The molecule has 0 aromatic heterocycles. The number of hydrogen-bond donors (Lipinski definition) is 2. The molecule has 0 bridgehead atoms. The number of carbonyl (C=O) groups is 2. The summed E-state index contributed by atoms with van der Waals surface area (Å²) in [5.41, 5.74) is 0. The van der Waals surface area contributed by atoms with Crippen LogP contribution < -0.4 is 5.32 Å². The van der Waals surface area contributed by atoms with E-state index in [9.17, 15) is 19.0 Å². The van der Waals surface area contributed by atoms with Gasteiger partial charge in [0.2, 0.25) is 5.91 Å². The highest BCUT2D eigenvalue weighted by atomic mass is 31.2. The Morgan fingerprint density at radius 2 is 0.792 bits per heavy atom. The lowest BCUT2D eigenvalue weighted by atomic mass is 10.0. The fourth-order valence-electron chi connectivity index (χ4n) is 9.65. The van der Waals surface area contributed by atoms with Crippen LogP contribution in [-0.2, 0) is 27.9 Å². The highest BCUT2D eigenvalue weighted by Gasteiger charge is 2.30. The highest BCUT2D eigenvalue weighted by Crippen LogP contribution is 2.43. The normalized spacial score (nSPS) is 13.9. The molecule has 0 aliphatic carbocycles. The van der Waals surface area contributed by atoms with E-state index < -0.39 is 20.0 Å². The lowest BCUT2D eigenvalue weighted by Crippen LogP contribution is -2.47. The number of rotatable bonds is 60. The van der Waals surface area contributed by atoms with Crippen molar-refractivity contribution in [1.82, 2.24) is 5.32 Å². The summed E-state index contributed by atoms with van der Waals surface area (Å²) in [6.45, 7) is 7.00. The molecule has 0 aromatic rings. The minimum absolute atomic E-state index is 0.0366. The van der Waals surface area contributed by atoms with Gasteiger partial charge in [0.1, 0.15) is 19.3 Å². The van der Waals surface area contributed by atoms with Crippen LogP contribution in [0.5, 0.6) is 0 Å². The Morgan fingerprint density at radius 3 is 1.21 bits per heavy atom. The number of hydrogen-bond acceptors (Lipinski definition) is 6. The zero-order chi connectivity index (χ0) is 56.4. The van der Waals surface area contributed by atoms with Gasteiger partial charge < -0.3 is 19.4 Å².